The Balaban J connectivity index is 1.76. The first-order chi connectivity index (χ1) is 11.8. The third kappa shape index (κ3) is 2.53. The lowest BCUT2D eigenvalue weighted by molar-refractivity contribution is 0.0990. The van der Waals surface area contributed by atoms with Gasteiger partial charge in [-0.25, -0.2) is 0 Å². The van der Waals surface area contributed by atoms with Gasteiger partial charge in [-0.1, -0.05) is 37.0 Å². The smallest absolute Gasteiger partial charge is 0.197 e. The lowest BCUT2D eigenvalue weighted by Gasteiger charge is -1.98. The number of benzene rings is 1. The molecule has 6 heteroatoms. The normalized spacial score (nSPS) is 14.0. The molecule has 0 N–H and O–H groups in total. The SMILES string of the molecule is CC(C)c1cc2oc(C=C3C(=O)c4cc(Cl)c(Cl)cc4C3=O)cc2o1. The summed E-state index contributed by atoms with van der Waals surface area (Å²) in [4.78, 5) is 25.0. The quantitative estimate of drug-likeness (QED) is 0.412. The fourth-order valence-corrected chi connectivity index (χ4v) is 3.15. The van der Waals surface area contributed by atoms with Gasteiger partial charge in [0.15, 0.2) is 22.7 Å². The predicted octanol–water partition coefficient (Wildman–Crippen LogP) is 5.92. The summed E-state index contributed by atoms with van der Waals surface area (Å²) in [6, 6.07) is 6.32. The highest BCUT2D eigenvalue weighted by Gasteiger charge is 2.34. The lowest BCUT2D eigenvalue weighted by atomic mass is 10.1. The summed E-state index contributed by atoms with van der Waals surface area (Å²) in [5, 5.41) is 0.471. The summed E-state index contributed by atoms with van der Waals surface area (Å²) >= 11 is 11.9. The summed E-state index contributed by atoms with van der Waals surface area (Å²) in [7, 11) is 0. The van der Waals surface area contributed by atoms with Gasteiger partial charge < -0.3 is 8.83 Å². The van der Waals surface area contributed by atoms with E-state index in [1.165, 1.54) is 18.2 Å². The van der Waals surface area contributed by atoms with Gasteiger partial charge >= 0.3 is 0 Å². The van der Waals surface area contributed by atoms with Crippen LogP contribution in [0.5, 0.6) is 0 Å². The van der Waals surface area contributed by atoms with Gasteiger partial charge in [-0.15, -0.1) is 0 Å². The minimum absolute atomic E-state index is 0.0221. The van der Waals surface area contributed by atoms with Crippen LogP contribution in [-0.4, -0.2) is 11.6 Å². The van der Waals surface area contributed by atoms with Crippen LogP contribution in [0.25, 0.3) is 17.2 Å². The van der Waals surface area contributed by atoms with E-state index in [0.717, 1.165) is 5.76 Å². The molecule has 2 aromatic heterocycles. The van der Waals surface area contributed by atoms with Crippen LogP contribution in [0, 0.1) is 0 Å². The molecule has 25 heavy (non-hydrogen) atoms. The summed E-state index contributed by atoms with van der Waals surface area (Å²) in [6.45, 7) is 4.04. The second-order valence-corrected chi connectivity index (χ2v) is 7.02. The van der Waals surface area contributed by atoms with Gasteiger partial charge in [0.2, 0.25) is 0 Å². The molecule has 0 aliphatic heterocycles. The molecule has 0 unspecified atom stereocenters. The first-order valence-electron chi connectivity index (χ1n) is 7.68. The van der Waals surface area contributed by atoms with E-state index in [1.807, 2.05) is 19.9 Å². The number of allylic oxidation sites excluding steroid dienone is 1. The zero-order valence-electron chi connectivity index (χ0n) is 13.4. The number of halogens is 2. The highest BCUT2D eigenvalue weighted by molar-refractivity contribution is 6.46. The standard InChI is InChI=1S/C19H12Cl2O4/c1-8(2)15-7-17-16(25-15)4-9(24-17)3-12-18(22)10-5-13(20)14(21)6-11(10)19(12)23/h3-8H,1-2H3. The van der Waals surface area contributed by atoms with Crippen molar-refractivity contribution in [3.8, 4) is 0 Å². The number of carbonyl (C=O) groups is 2. The minimum atomic E-state index is -0.394. The summed E-state index contributed by atoms with van der Waals surface area (Å²) in [6.07, 6.45) is 1.43. The molecule has 4 nitrogen and oxygen atoms in total. The van der Waals surface area contributed by atoms with E-state index >= 15 is 0 Å². The summed E-state index contributed by atoms with van der Waals surface area (Å²) in [5.74, 6) is 0.652. The zero-order chi connectivity index (χ0) is 17.9. The van der Waals surface area contributed by atoms with Crippen LogP contribution < -0.4 is 0 Å². The van der Waals surface area contributed by atoms with Crippen LogP contribution in [0.15, 0.2) is 38.7 Å². The summed E-state index contributed by atoms with van der Waals surface area (Å²) < 4.78 is 11.4. The third-order valence-electron chi connectivity index (χ3n) is 4.14. The lowest BCUT2D eigenvalue weighted by Crippen LogP contribution is -1.99. The second kappa shape index (κ2) is 5.61. The Morgan fingerprint density at radius 3 is 1.96 bits per heavy atom. The van der Waals surface area contributed by atoms with E-state index in [2.05, 4.69) is 0 Å². The van der Waals surface area contributed by atoms with Crippen LogP contribution in [0.2, 0.25) is 10.0 Å². The molecule has 3 aromatic rings. The van der Waals surface area contributed by atoms with E-state index < -0.39 is 11.6 Å². The molecule has 0 atom stereocenters. The van der Waals surface area contributed by atoms with E-state index in [-0.39, 0.29) is 32.7 Å². The van der Waals surface area contributed by atoms with Crippen LogP contribution >= 0.6 is 23.2 Å². The van der Waals surface area contributed by atoms with Crippen molar-refractivity contribution in [2.75, 3.05) is 0 Å². The molecular weight excluding hydrogens is 363 g/mol. The minimum Gasteiger partial charge on any atom is -0.457 e. The molecule has 0 spiro atoms. The molecule has 4 rings (SSSR count). The number of hydrogen-bond acceptors (Lipinski definition) is 4. The predicted molar refractivity (Wildman–Crippen MR) is 95.7 cm³/mol. The number of ketones is 2. The number of Topliss-reactive ketones (excluding diaryl/α,β-unsaturated/α-hetero) is 2. The molecule has 0 saturated heterocycles. The van der Waals surface area contributed by atoms with Gasteiger partial charge in [0.05, 0.1) is 15.6 Å². The van der Waals surface area contributed by atoms with Gasteiger partial charge in [0, 0.05) is 29.2 Å². The molecule has 126 valence electrons. The molecule has 1 aliphatic rings. The molecule has 0 radical (unpaired) electrons. The maximum absolute atomic E-state index is 12.5. The molecule has 1 aliphatic carbocycles. The van der Waals surface area contributed by atoms with Crippen molar-refractivity contribution >= 4 is 52.0 Å². The Labute approximate surface area is 153 Å². The van der Waals surface area contributed by atoms with Crippen molar-refractivity contribution in [1.82, 2.24) is 0 Å². The zero-order valence-corrected chi connectivity index (χ0v) is 14.9. The largest absolute Gasteiger partial charge is 0.457 e. The fraction of sp³-hybridized carbons (Fsp3) is 0.158. The number of rotatable bonds is 2. The van der Waals surface area contributed by atoms with Crippen molar-refractivity contribution in [2.24, 2.45) is 0 Å². The topological polar surface area (TPSA) is 60.4 Å². The van der Waals surface area contributed by atoms with Gasteiger partial charge in [-0.3, -0.25) is 9.59 Å². The number of hydrogen-bond donors (Lipinski definition) is 0. The third-order valence-corrected chi connectivity index (χ3v) is 4.86. The van der Waals surface area contributed by atoms with Crippen molar-refractivity contribution in [3.63, 3.8) is 0 Å². The Morgan fingerprint density at radius 1 is 0.880 bits per heavy atom. The Morgan fingerprint density at radius 2 is 1.44 bits per heavy atom. The van der Waals surface area contributed by atoms with Crippen molar-refractivity contribution < 1.29 is 18.4 Å². The van der Waals surface area contributed by atoms with E-state index in [9.17, 15) is 9.59 Å². The fourth-order valence-electron chi connectivity index (χ4n) is 2.82. The number of furan rings is 2. The molecule has 1 aromatic carbocycles. The Bertz CT molecular complexity index is 1010. The average molecular weight is 375 g/mol. The number of carbonyl (C=O) groups excluding carboxylic acids is 2. The monoisotopic (exact) mass is 374 g/mol. The average Bonchev–Trinajstić information content (AvgIpc) is 3.17. The maximum atomic E-state index is 12.5. The molecule has 0 amide bonds. The van der Waals surface area contributed by atoms with Gasteiger partial charge in [-0.2, -0.15) is 0 Å². The van der Waals surface area contributed by atoms with E-state index in [4.69, 9.17) is 32.0 Å². The van der Waals surface area contributed by atoms with Crippen LogP contribution in [0.1, 0.15) is 52.0 Å². The Hall–Kier alpha value is -2.30. The first kappa shape index (κ1) is 16.2. The van der Waals surface area contributed by atoms with Crippen LogP contribution in [0.4, 0.5) is 0 Å². The molecule has 2 heterocycles. The van der Waals surface area contributed by atoms with E-state index in [0.29, 0.717) is 16.9 Å². The Kier molecular flexibility index (Phi) is 3.63. The van der Waals surface area contributed by atoms with Crippen molar-refractivity contribution in [3.05, 3.63) is 62.5 Å². The van der Waals surface area contributed by atoms with Gasteiger partial charge in [-0.05, 0) is 18.2 Å². The first-order valence-corrected chi connectivity index (χ1v) is 8.44. The molecule has 0 fully saturated rings. The maximum Gasteiger partial charge on any atom is 0.197 e. The van der Waals surface area contributed by atoms with Gasteiger partial charge in [0.25, 0.3) is 0 Å². The van der Waals surface area contributed by atoms with Crippen molar-refractivity contribution in [2.45, 2.75) is 19.8 Å². The molecule has 0 saturated carbocycles. The summed E-state index contributed by atoms with van der Waals surface area (Å²) in [5.41, 5.74) is 1.69. The highest BCUT2D eigenvalue weighted by atomic mass is 35.5. The second-order valence-electron chi connectivity index (χ2n) is 6.21. The highest BCUT2D eigenvalue weighted by Crippen LogP contribution is 2.35. The number of fused-ring (bicyclic) bond motifs is 2. The van der Waals surface area contributed by atoms with E-state index in [1.54, 1.807) is 6.07 Å². The van der Waals surface area contributed by atoms with Crippen LogP contribution in [-0.2, 0) is 0 Å². The van der Waals surface area contributed by atoms with Crippen LogP contribution in [0.3, 0.4) is 0 Å². The van der Waals surface area contributed by atoms with Gasteiger partial charge in [0.1, 0.15) is 11.5 Å². The van der Waals surface area contributed by atoms with Crippen molar-refractivity contribution in [1.29, 1.82) is 0 Å². The molecule has 0 bridgehead atoms. The molecular formula is C19H12Cl2O4.